The molecule has 1 aromatic rings. The zero-order valence-electron chi connectivity index (χ0n) is 10.5. The van der Waals surface area contributed by atoms with E-state index in [4.69, 9.17) is 16.3 Å². The fourth-order valence-electron chi connectivity index (χ4n) is 1.83. The number of benzene rings is 1. The summed E-state index contributed by atoms with van der Waals surface area (Å²) in [6.07, 6.45) is 0.532. The molecule has 0 aliphatic rings. The van der Waals surface area contributed by atoms with Crippen LogP contribution in [0.2, 0.25) is 5.02 Å². The Kier molecular flexibility index (Phi) is 5.89. The molecule has 1 N–H and O–H groups in total. The molecule has 0 saturated heterocycles. The number of likely N-dealkylation sites (N-methyl/N-ethyl adjacent to an activating group) is 1. The van der Waals surface area contributed by atoms with Crippen LogP contribution in [0, 0.1) is 5.82 Å². The highest BCUT2D eigenvalue weighted by molar-refractivity contribution is 6.31. The Balaban J connectivity index is 2.80. The Bertz CT molecular complexity index is 339. The molecule has 0 radical (unpaired) electrons. The molecule has 4 heteroatoms. The minimum absolute atomic E-state index is 0.0145. The van der Waals surface area contributed by atoms with E-state index in [2.05, 4.69) is 5.32 Å². The van der Waals surface area contributed by atoms with E-state index >= 15 is 0 Å². The van der Waals surface area contributed by atoms with Crippen molar-refractivity contribution in [2.75, 3.05) is 13.7 Å². The number of rotatable bonds is 6. The molecular formula is C13H19ClFNO. The van der Waals surface area contributed by atoms with Crippen LogP contribution in [-0.2, 0) is 11.2 Å². The molecule has 0 aliphatic heterocycles. The van der Waals surface area contributed by atoms with Gasteiger partial charge in [0, 0.05) is 23.2 Å². The average Bonchev–Trinajstić information content (AvgIpc) is 2.29. The van der Waals surface area contributed by atoms with E-state index in [0.717, 1.165) is 0 Å². The van der Waals surface area contributed by atoms with Crippen molar-refractivity contribution in [3.05, 3.63) is 34.6 Å². The van der Waals surface area contributed by atoms with Gasteiger partial charge in [-0.1, -0.05) is 17.7 Å². The molecule has 1 aromatic carbocycles. The van der Waals surface area contributed by atoms with Crippen molar-refractivity contribution in [2.24, 2.45) is 0 Å². The van der Waals surface area contributed by atoms with Crippen LogP contribution in [0.4, 0.5) is 4.39 Å². The van der Waals surface area contributed by atoms with E-state index in [0.29, 0.717) is 23.6 Å². The lowest BCUT2D eigenvalue weighted by Crippen LogP contribution is -2.39. The second-order valence-electron chi connectivity index (χ2n) is 3.96. The molecular weight excluding hydrogens is 241 g/mol. The van der Waals surface area contributed by atoms with Gasteiger partial charge in [0.15, 0.2) is 0 Å². The van der Waals surface area contributed by atoms with Gasteiger partial charge in [0.1, 0.15) is 5.82 Å². The molecule has 0 bridgehead atoms. The van der Waals surface area contributed by atoms with Gasteiger partial charge in [-0.25, -0.2) is 4.39 Å². The molecule has 1 rings (SSSR count). The number of nitrogens with one attached hydrogen (secondary N) is 1. The summed E-state index contributed by atoms with van der Waals surface area (Å²) < 4.78 is 19.2. The van der Waals surface area contributed by atoms with Crippen LogP contribution in [0.25, 0.3) is 0 Å². The summed E-state index contributed by atoms with van der Waals surface area (Å²) in [7, 11) is 1.84. The van der Waals surface area contributed by atoms with Crippen molar-refractivity contribution < 1.29 is 9.13 Å². The van der Waals surface area contributed by atoms with Crippen molar-refractivity contribution in [1.82, 2.24) is 5.32 Å². The van der Waals surface area contributed by atoms with Gasteiger partial charge in [0.05, 0.1) is 6.10 Å². The zero-order valence-corrected chi connectivity index (χ0v) is 11.2. The Morgan fingerprint density at radius 1 is 1.47 bits per heavy atom. The predicted octanol–water partition coefficient (Wildman–Crippen LogP) is 3.03. The number of hydrogen-bond donors (Lipinski definition) is 1. The fourth-order valence-corrected chi connectivity index (χ4v) is 2.07. The average molecular weight is 260 g/mol. The maximum absolute atomic E-state index is 13.6. The second kappa shape index (κ2) is 6.94. The van der Waals surface area contributed by atoms with E-state index in [1.54, 1.807) is 12.1 Å². The maximum Gasteiger partial charge on any atom is 0.127 e. The SMILES string of the molecule is CCOC(C)C(Cc1c(F)cccc1Cl)NC. The first-order valence-electron chi connectivity index (χ1n) is 5.81. The van der Waals surface area contributed by atoms with Gasteiger partial charge < -0.3 is 10.1 Å². The molecule has 96 valence electrons. The van der Waals surface area contributed by atoms with Crippen molar-refractivity contribution >= 4 is 11.6 Å². The first-order valence-corrected chi connectivity index (χ1v) is 6.19. The Morgan fingerprint density at radius 2 is 2.18 bits per heavy atom. The summed E-state index contributed by atoms with van der Waals surface area (Å²) in [6.45, 7) is 4.56. The molecule has 2 nitrogen and oxygen atoms in total. The smallest absolute Gasteiger partial charge is 0.127 e. The van der Waals surface area contributed by atoms with Gasteiger partial charge >= 0.3 is 0 Å². The third-order valence-corrected chi connectivity index (χ3v) is 3.21. The zero-order chi connectivity index (χ0) is 12.8. The number of halogens is 2. The van der Waals surface area contributed by atoms with Crippen LogP contribution in [0.15, 0.2) is 18.2 Å². The molecule has 0 fully saturated rings. The van der Waals surface area contributed by atoms with Crippen LogP contribution < -0.4 is 5.32 Å². The summed E-state index contributed by atoms with van der Waals surface area (Å²) >= 11 is 6.00. The Labute approximate surface area is 107 Å². The molecule has 0 heterocycles. The monoisotopic (exact) mass is 259 g/mol. The quantitative estimate of drug-likeness (QED) is 0.848. The molecule has 17 heavy (non-hydrogen) atoms. The van der Waals surface area contributed by atoms with Crippen LogP contribution in [-0.4, -0.2) is 25.8 Å². The van der Waals surface area contributed by atoms with Crippen LogP contribution in [0.5, 0.6) is 0 Å². The predicted molar refractivity (Wildman–Crippen MR) is 69.0 cm³/mol. The van der Waals surface area contributed by atoms with Crippen molar-refractivity contribution in [2.45, 2.75) is 32.4 Å². The minimum atomic E-state index is -0.263. The lowest BCUT2D eigenvalue weighted by molar-refractivity contribution is 0.0495. The van der Waals surface area contributed by atoms with E-state index < -0.39 is 0 Å². The Hall–Kier alpha value is -0.640. The molecule has 0 aliphatic carbocycles. The fraction of sp³-hybridized carbons (Fsp3) is 0.538. The first-order chi connectivity index (χ1) is 8.10. The van der Waals surface area contributed by atoms with Gasteiger partial charge in [-0.2, -0.15) is 0 Å². The summed E-state index contributed by atoms with van der Waals surface area (Å²) in [5.74, 6) is -0.263. The highest BCUT2D eigenvalue weighted by Gasteiger charge is 2.19. The van der Waals surface area contributed by atoms with Crippen molar-refractivity contribution in [3.63, 3.8) is 0 Å². The topological polar surface area (TPSA) is 21.3 Å². The Morgan fingerprint density at radius 3 is 2.71 bits per heavy atom. The molecule has 0 amide bonds. The van der Waals surface area contributed by atoms with Crippen molar-refractivity contribution in [3.8, 4) is 0 Å². The van der Waals surface area contributed by atoms with E-state index in [9.17, 15) is 4.39 Å². The van der Waals surface area contributed by atoms with Gasteiger partial charge in [0.2, 0.25) is 0 Å². The third-order valence-electron chi connectivity index (χ3n) is 2.85. The number of hydrogen-bond acceptors (Lipinski definition) is 2. The minimum Gasteiger partial charge on any atom is -0.377 e. The van der Waals surface area contributed by atoms with Gasteiger partial charge in [-0.05, 0) is 39.4 Å². The normalized spacial score (nSPS) is 14.6. The summed E-state index contributed by atoms with van der Waals surface area (Å²) in [6, 6.07) is 4.79. The summed E-state index contributed by atoms with van der Waals surface area (Å²) in [5, 5.41) is 3.61. The standard InChI is InChI=1S/C13H19ClFNO/c1-4-17-9(2)13(16-3)8-10-11(14)6-5-7-12(10)15/h5-7,9,13,16H,4,8H2,1-3H3. The molecule has 2 unspecified atom stereocenters. The summed E-state index contributed by atoms with van der Waals surface area (Å²) in [5.41, 5.74) is 0.542. The van der Waals surface area contributed by atoms with Gasteiger partial charge in [0.25, 0.3) is 0 Å². The van der Waals surface area contributed by atoms with Crippen LogP contribution in [0.3, 0.4) is 0 Å². The van der Waals surface area contributed by atoms with Gasteiger partial charge in [-0.3, -0.25) is 0 Å². The maximum atomic E-state index is 13.6. The van der Waals surface area contributed by atoms with E-state index in [1.165, 1.54) is 6.07 Å². The largest absolute Gasteiger partial charge is 0.377 e. The van der Waals surface area contributed by atoms with E-state index in [1.807, 2.05) is 20.9 Å². The molecule has 0 saturated carbocycles. The van der Waals surface area contributed by atoms with E-state index in [-0.39, 0.29) is 18.0 Å². The lowest BCUT2D eigenvalue weighted by Gasteiger charge is -2.24. The second-order valence-corrected chi connectivity index (χ2v) is 4.37. The summed E-state index contributed by atoms with van der Waals surface area (Å²) in [4.78, 5) is 0. The molecule has 0 spiro atoms. The van der Waals surface area contributed by atoms with Crippen LogP contribution >= 0.6 is 11.6 Å². The molecule has 0 aromatic heterocycles. The van der Waals surface area contributed by atoms with Crippen LogP contribution in [0.1, 0.15) is 19.4 Å². The number of ether oxygens (including phenoxy) is 1. The first kappa shape index (κ1) is 14.4. The van der Waals surface area contributed by atoms with Gasteiger partial charge in [-0.15, -0.1) is 0 Å². The third kappa shape index (κ3) is 3.95. The molecule has 2 atom stereocenters. The lowest BCUT2D eigenvalue weighted by atomic mass is 10.0. The highest BCUT2D eigenvalue weighted by atomic mass is 35.5. The van der Waals surface area contributed by atoms with Crippen molar-refractivity contribution in [1.29, 1.82) is 0 Å². The highest BCUT2D eigenvalue weighted by Crippen LogP contribution is 2.21.